The second-order valence-electron chi connectivity index (χ2n) is 4.74. The molecule has 3 aromatic carbocycles. The van der Waals surface area contributed by atoms with E-state index in [1.54, 1.807) is 18.2 Å². The van der Waals surface area contributed by atoms with E-state index in [2.05, 4.69) is 4.72 Å². The monoisotopic (exact) mass is 319 g/mol. The van der Waals surface area contributed by atoms with Crippen LogP contribution in [0.5, 0.6) is 0 Å². The van der Waals surface area contributed by atoms with Gasteiger partial charge in [0.15, 0.2) is 0 Å². The molecule has 0 aliphatic heterocycles. The number of fused-ring (bicyclic) bond motifs is 1. The molecule has 6 heteroatoms. The van der Waals surface area contributed by atoms with Gasteiger partial charge in [0.25, 0.3) is 10.0 Å². The third-order valence-corrected chi connectivity index (χ3v) is 4.57. The fraction of sp³-hybridized carbons (Fsp3) is 0. The zero-order valence-electron chi connectivity index (χ0n) is 11.3. The number of hydrogen-bond acceptors (Lipinski definition) is 2. The molecule has 0 fully saturated rings. The molecule has 112 valence electrons. The number of halogens is 2. The molecule has 0 aromatic heterocycles. The van der Waals surface area contributed by atoms with Gasteiger partial charge in [0.1, 0.15) is 11.6 Å². The summed E-state index contributed by atoms with van der Waals surface area (Å²) in [5.41, 5.74) is -0.423. The Bertz CT molecular complexity index is 955. The van der Waals surface area contributed by atoms with E-state index < -0.39 is 27.3 Å². The van der Waals surface area contributed by atoms with E-state index in [0.29, 0.717) is 0 Å². The summed E-state index contributed by atoms with van der Waals surface area (Å²) in [5.74, 6) is -1.57. The van der Waals surface area contributed by atoms with Crippen molar-refractivity contribution < 1.29 is 17.2 Å². The van der Waals surface area contributed by atoms with Crippen molar-refractivity contribution in [3.05, 3.63) is 72.3 Å². The largest absolute Gasteiger partial charge is 0.277 e. The van der Waals surface area contributed by atoms with Gasteiger partial charge in [-0.3, -0.25) is 4.72 Å². The highest BCUT2D eigenvalue weighted by Gasteiger charge is 2.17. The molecule has 3 nitrogen and oxygen atoms in total. The summed E-state index contributed by atoms with van der Waals surface area (Å²) < 4.78 is 53.4. The highest BCUT2D eigenvalue weighted by atomic mass is 32.2. The van der Waals surface area contributed by atoms with Gasteiger partial charge in [0.05, 0.1) is 10.6 Å². The fourth-order valence-electron chi connectivity index (χ4n) is 2.11. The molecule has 0 aliphatic carbocycles. The lowest BCUT2D eigenvalue weighted by Gasteiger charge is -2.10. The van der Waals surface area contributed by atoms with Crippen molar-refractivity contribution >= 4 is 26.5 Å². The van der Waals surface area contributed by atoms with E-state index in [1.807, 2.05) is 12.1 Å². The molecule has 1 N–H and O–H groups in total. The van der Waals surface area contributed by atoms with Gasteiger partial charge in [-0.1, -0.05) is 30.3 Å². The standard InChI is InChI=1S/C16H11F2NO2S/c17-13-6-8-15(18)16(10-13)19-22(20,21)14-7-5-11-3-1-2-4-12(11)9-14/h1-10,19H. The summed E-state index contributed by atoms with van der Waals surface area (Å²) in [6.07, 6.45) is 0. The highest BCUT2D eigenvalue weighted by Crippen LogP contribution is 2.23. The van der Waals surface area contributed by atoms with E-state index in [-0.39, 0.29) is 4.90 Å². The molecule has 0 aliphatic rings. The number of anilines is 1. The molecule has 0 atom stereocenters. The Labute approximate surface area is 126 Å². The number of hydrogen-bond donors (Lipinski definition) is 1. The molecule has 0 bridgehead atoms. The van der Waals surface area contributed by atoms with Crippen LogP contribution < -0.4 is 4.72 Å². The van der Waals surface area contributed by atoms with E-state index in [4.69, 9.17) is 0 Å². The smallest absolute Gasteiger partial charge is 0.262 e. The van der Waals surface area contributed by atoms with Gasteiger partial charge in [0.2, 0.25) is 0 Å². The molecule has 0 heterocycles. The van der Waals surface area contributed by atoms with Crippen LogP contribution in [0.4, 0.5) is 14.5 Å². The topological polar surface area (TPSA) is 46.2 Å². The Kier molecular flexibility index (Phi) is 3.54. The van der Waals surface area contributed by atoms with Crippen LogP contribution >= 0.6 is 0 Å². The van der Waals surface area contributed by atoms with Gasteiger partial charge in [-0.2, -0.15) is 0 Å². The molecule has 0 unspecified atom stereocenters. The summed E-state index contributed by atoms with van der Waals surface area (Å²) in [4.78, 5) is -0.0186. The highest BCUT2D eigenvalue weighted by molar-refractivity contribution is 7.92. The van der Waals surface area contributed by atoms with Crippen LogP contribution in [0.3, 0.4) is 0 Å². The predicted octanol–water partition coefficient (Wildman–Crippen LogP) is 3.92. The Morgan fingerprint density at radius 1 is 0.818 bits per heavy atom. The third kappa shape index (κ3) is 2.78. The molecule has 0 saturated carbocycles. The SMILES string of the molecule is O=S(=O)(Nc1cc(F)ccc1F)c1ccc2ccccc2c1. The van der Waals surface area contributed by atoms with Crippen molar-refractivity contribution in [2.24, 2.45) is 0 Å². The van der Waals surface area contributed by atoms with E-state index in [9.17, 15) is 17.2 Å². The van der Waals surface area contributed by atoms with Gasteiger partial charge < -0.3 is 0 Å². The molecule has 3 rings (SSSR count). The molecule has 0 amide bonds. The normalized spacial score (nSPS) is 11.5. The lowest BCUT2D eigenvalue weighted by molar-refractivity contribution is 0.594. The zero-order chi connectivity index (χ0) is 15.7. The summed E-state index contributed by atoms with van der Waals surface area (Å²) in [5, 5.41) is 1.63. The van der Waals surface area contributed by atoms with Crippen LogP contribution in [0, 0.1) is 11.6 Å². The molecule has 0 saturated heterocycles. The van der Waals surface area contributed by atoms with Crippen molar-refractivity contribution in [3.8, 4) is 0 Å². The van der Waals surface area contributed by atoms with Gasteiger partial charge in [-0.05, 0) is 35.0 Å². The number of nitrogens with one attached hydrogen (secondary N) is 1. The van der Waals surface area contributed by atoms with Crippen LogP contribution in [0.25, 0.3) is 10.8 Å². The van der Waals surface area contributed by atoms with Crippen LogP contribution in [0.1, 0.15) is 0 Å². The maximum atomic E-state index is 13.6. The molecular weight excluding hydrogens is 308 g/mol. The predicted molar refractivity (Wildman–Crippen MR) is 81.1 cm³/mol. The molecule has 0 radical (unpaired) electrons. The van der Waals surface area contributed by atoms with Gasteiger partial charge in [-0.15, -0.1) is 0 Å². The van der Waals surface area contributed by atoms with Crippen molar-refractivity contribution in [1.29, 1.82) is 0 Å². The van der Waals surface area contributed by atoms with Crippen LogP contribution in [0.2, 0.25) is 0 Å². The lowest BCUT2D eigenvalue weighted by Crippen LogP contribution is -2.14. The van der Waals surface area contributed by atoms with E-state index >= 15 is 0 Å². The van der Waals surface area contributed by atoms with Gasteiger partial charge >= 0.3 is 0 Å². The Morgan fingerprint density at radius 2 is 1.55 bits per heavy atom. The summed E-state index contributed by atoms with van der Waals surface area (Å²) in [7, 11) is -4.00. The Morgan fingerprint density at radius 3 is 2.32 bits per heavy atom. The van der Waals surface area contributed by atoms with Gasteiger partial charge in [0, 0.05) is 6.07 Å². The first-order chi connectivity index (χ1) is 10.5. The first-order valence-corrected chi connectivity index (χ1v) is 7.91. The Hall–Kier alpha value is -2.47. The zero-order valence-corrected chi connectivity index (χ0v) is 12.1. The third-order valence-electron chi connectivity index (χ3n) is 3.20. The lowest BCUT2D eigenvalue weighted by atomic mass is 10.1. The number of rotatable bonds is 3. The first kappa shape index (κ1) is 14.5. The maximum absolute atomic E-state index is 13.6. The quantitative estimate of drug-likeness (QED) is 0.795. The van der Waals surface area contributed by atoms with Crippen molar-refractivity contribution in [3.63, 3.8) is 0 Å². The summed E-state index contributed by atoms with van der Waals surface area (Å²) >= 11 is 0. The van der Waals surface area contributed by atoms with Crippen molar-refractivity contribution in [2.75, 3.05) is 4.72 Å². The van der Waals surface area contributed by atoms with Crippen molar-refractivity contribution in [1.82, 2.24) is 0 Å². The molecule has 0 spiro atoms. The second kappa shape index (κ2) is 5.38. The summed E-state index contributed by atoms with van der Waals surface area (Å²) in [6, 6.07) is 14.4. The summed E-state index contributed by atoms with van der Waals surface area (Å²) in [6.45, 7) is 0. The molecule has 22 heavy (non-hydrogen) atoms. The average Bonchev–Trinajstić information content (AvgIpc) is 2.50. The van der Waals surface area contributed by atoms with Crippen molar-refractivity contribution in [2.45, 2.75) is 4.90 Å². The van der Waals surface area contributed by atoms with Crippen LogP contribution in [-0.4, -0.2) is 8.42 Å². The minimum atomic E-state index is -4.00. The minimum Gasteiger partial charge on any atom is -0.277 e. The van der Waals surface area contributed by atoms with E-state index in [0.717, 1.165) is 29.0 Å². The van der Waals surface area contributed by atoms with Gasteiger partial charge in [-0.25, -0.2) is 17.2 Å². The second-order valence-corrected chi connectivity index (χ2v) is 6.42. The molecular formula is C16H11F2NO2S. The maximum Gasteiger partial charge on any atom is 0.262 e. The average molecular weight is 319 g/mol. The Balaban J connectivity index is 2.02. The number of sulfonamides is 1. The van der Waals surface area contributed by atoms with E-state index in [1.165, 1.54) is 12.1 Å². The minimum absolute atomic E-state index is 0.0186. The first-order valence-electron chi connectivity index (χ1n) is 6.42. The van der Waals surface area contributed by atoms with Crippen LogP contribution in [-0.2, 0) is 10.0 Å². The van der Waals surface area contributed by atoms with Crippen LogP contribution in [0.15, 0.2) is 65.6 Å². The number of benzene rings is 3. The fourth-order valence-corrected chi connectivity index (χ4v) is 3.21. The molecule has 3 aromatic rings.